The Morgan fingerprint density at radius 2 is 2.00 bits per heavy atom. The number of nitrogens with zero attached hydrogens (tertiary/aromatic N) is 2. The fourth-order valence-corrected chi connectivity index (χ4v) is 2.51. The van der Waals surface area contributed by atoms with E-state index in [-0.39, 0.29) is 0 Å². The molecule has 0 N–H and O–H groups in total. The van der Waals surface area contributed by atoms with Crippen LogP contribution in [0, 0.1) is 22.7 Å². The Balaban J connectivity index is 2.93. The zero-order chi connectivity index (χ0) is 10.1. The summed E-state index contributed by atoms with van der Waals surface area (Å²) in [6.07, 6.45) is 0. The molecule has 0 saturated carbocycles. The van der Waals surface area contributed by atoms with E-state index in [1.54, 1.807) is 18.2 Å². The van der Waals surface area contributed by atoms with Crippen molar-refractivity contribution in [3.05, 3.63) is 33.7 Å². The van der Waals surface area contributed by atoms with Crippen molar-refractivity contribution in [3.8, 4) is 12.1 Å². The number of hydrogen-bond donors (Lipinski definition) is 0. The summed E-state index contributed by atoms with van der Waals surface area (Å²) in [6.45, 7) is 0. The standard InChI is InChI=1S/C10H3ClN2S/c11-9-3-6-1-2-7(4-12)8(5-13)10(6)14-9/h1-3H. The van der Waals surface area contributed by atoms with Crippen LogP contribution in [0.2, 0.25) is 4.34 Å². The van der Waals surface area contributed by atoms with Gasteiger partial charge in [0, 0.05) is 0 Å². The second kappa shape index (κ2) is 3.31. The molecular weight excluding hydrogens is 216 g/mol. The maximum Gasteiger partial charge on any atom is 0.102 e. The molecule has 0 radical (unpaired) electrons. The first-order valence-corrected chi connectivity index (χ1v) is 4.98. The molecule has 1 aromatic carbocycles. The van der Waals surface area contributed by atoms with Gasteiger partial charge in [-0.3, -0.25) is 0 Å². The monoisotopic (exact) mass is 218 g/mol. The normalized spacial score (nSPS) is 9.64. The Morgan fingerprint density at radius 3 is 2.64 bits per heavy atom. The third kappa shape index (κ3) is 1.24. The molecule has 0 amide bonds. The molecule has 1 aromatic heterocycles. The van der Waals surface area contributed by atoms with Crippen molar-refractivity contribution in [2.75, 3.05) is 0 Å². The van der Waals surface area contributed by atoms with E-state index in [1.165, 1.54) is 11.3 Å². The van der Waals surface area contributed by atoms with Gasteiger partial charge < -0.3 is 0 Å². The molecule has 0 aliphatic carbocycles. The molecule has 0 spiro atoms. The fraction of sp³-hybridized carbons (Fsp3) is 0. The van der Waals surface area contributed by atoms with Gasteiger partial charge in [0.2, 0.25) is 0 Å². The molecule has 66 valence electrons. The van der Waals surface area contributed by atoms with Crippen LogP contribution in [0.1, 0.15) is 11.1 Å². The van der Waals surface area contributed by atoms with Crippen LogP contribution in [-0.4, -0.2) is 0 Å². The zero-order valence-electron chi connectivity index (χ0n) is 6.91. The van der Waals surface area contributed by atoms with Crippen molar-refractivity contribution in [3.63, 3.8) is 0 Å². The number of benzene rings is 1. The van der Waals surface area contributed by atoms with E-state index >= 15 is 0 Å². The van der Waals surface area contributed by atoms with Crippen LogP contribution < -0.4 is 0 Å². The minimum Gasteiger partial charge on any atom is -0.192 e. The first-order chi connectivity index (χ1) is 6.76. The number of nitriles is 2. The molecule has 2 aromatic rings. The van der Waals surface area contributed by atoms with Crippen LogP contribution in [0.15, 0.2) is 18.2 Å². The SMILES string of the molecule is N#Cc1ccc2cc(Cl)sc2c1C#N. The third-order valence-corrected chi connectivity index (χ3v) is 3.19. The largest absolute Gasteiger partial charge is 0.192 e. The highest BCUT2D eigenvalue weighted by Crippen LogP contribution is 2.32. The van der Waals surface area contributed by atoms with E-state index in [0.29, 0.717) is 15.5 Å². The molecule has 0 atom stereocenters. The Bertz CT molecular complexity index is 586. The van der Waals surface area contributed by atoms with Crippen LogP contribution in [-0.2, 0) is 0 Å². The molecule has 14 heavy (non-hydrogen) atoms. The first-order valence-electron chi connectivity index (χ1n) is 3.78. The van der Waals surface area contributed by atoms with Gasteiger partial charge in [0.15, 0.2) is 0 Å². The van der Waals surface area contributed by atoms with E-state index in [9.17, 15) is 0 Å². The quantitative estimate of drug-likeness (QED) is 0.681. The lowest BCUT2D eigenvalue weighted by atomic mass is 10.1. The Kier molecular flexibility index (Phi) is 2.13. The first kappa shape index (κ1) is 9.02. The van der Waals surface area contributed by atoms with E-state index in [0.717, 1.165) is 10.1 Å². The third-order valence-electron chi connectivity index (χ3n) is 1.89. The lowest BCUT2D eigenvalue weighted by Crippen LogP contribution is -1.82. The van der Waals surface area contributed by atoms with E-state index in [4.69, 9.17) is 22.1 Å². The smallest absolute Gasteiger partial charge is 0.102 e. The number of rotatable bonds is 0. The molecule has 0 aliphatic rings. The van der Waals surface area contributed by atoms with Crippen molar-refractivity contribution in [2.45, 2.75) is 0 Å². The highest BCUT2D eigenvalue weighted by atomic mass is 35.5. The molecule has 2 nitrogen and oxygen atoms in total. The van der Waals surface area contributed by atoms with E-state index in [2.05, 4.69) is 0 Å². The summed E-state index contributed by atoms with van der Waals surface area (Å²) in [4.78, 5) is 0. The summed E-state index contributed by atoms with van der Waals surface area (Å²) in [5.74, 6) is 0. The predicted molar refractivity (Wildman–Crippen MR) is 56.3 cm³/mol. The molecule has 4 heteroatoms. The average Bonchev–Trinajstić information content (AvgIpc) is 2.56. The van der Waals surface area contributed by atoms with Crippen LogP contribution in [0.3, 0.4) is 0 Å². The van der Waals surface area contributed by atoms with Crippen LogP contribution in [0.4, 0.5) is 0 Å². The molecule has 0 saturated heterocycles. The molecule has 2 rings (SSSR count). The van der Waals surface area contributed by atoms with Crippen molar-refractivity contribution in [1.29, 1.82) is 10.5 Å². The van der Waals surface area contributed by atoms with Crippen LogP contribution >= 0.6 is 22.9 Å². The molecule has 1 heterocycles. The van der Waals surface area contributed by atoms with Crippen molar-refractivity contribution < 1.29 is 0 Å². The van der Waals surface area contributed by atoms with Gasteiger partial charge in [-0.15, -0.1) is 11.3 Å². The lowest BCUT2D eigenvalue weighted by Gasteiger charge is -1.94. The Labute approximate surface area is 89.6 Å². The predicted octanol–water partition coefficient (Wildman–Crippen LogP) is 3.30. The molecule has 0 aliphatic heterocycles. The van der Waals surface area contributed by atoms with Gasteiger partial charge in [0.1, 0.15) is 12.1 Å². The lowest BCUT2D eigenvalue weighted by molar-refractivity contribution is 1.46. The summed E-state index contributed by atoms with van der Waals surface area (Å²) >= 11 is 7.16. The second-order valence-corrected chi connectivity index (χ2v) is 4.36. The molecule has 0 unspecified atom stereocenters. The number of hydrogen-bond acceptors (Lipinski definition) is 3. The van der Waals surface area contributed by atoms with Crippen molar-refractivity contribution >= 4 is 33.0 Å². The summed E-state index contributed by atoms with van der Waals surface area (Å²) in [5, 5.41) is 18.6. The van der Waals surface area contributed by atoms with Crippen LogP contribution in [0.25, 0.3) is 10.1 Å². The number of thiophene rings is 1. The fourth-order valence-electron chi connectivity index (χ4n) is 1.28. The minimum atomic E-state index is 0.401. The van der Waals surface area contributed by atoms with Gasteiger partial charge in [-0.25, -0.2) is 0 Å². The number of halogens is 1. The highest BCUT2D eigenvalue weighted by Gasteiger charge is 2.09. The summed E-state index contributed by atoms with van der Waals surface area (Å²) in [6, 6.07) is 9.26. The average molecular weight is 219 g/mol. The van der Waals surface area contributed by atoms with Gasteiger partial charge in [0.25, 0.3) is 0 Å². The van der Waals surface area contributed by atoms with Crippen LogP contribution in [0.5, 0.6) is 0 Å². The Morgan fingerprint density at radius 1 is 1.21 bits per heavy atom. The van der Waals surface area contributed by atoms with Crippen molar-refractivity contribution in [2.24, 2.45) is 0 Å². The van der Waals surface area contributed by atoms with Gasteiger partial charge in [-0.2, -0.15) is 10.5 Å². The minimum absolute atomic E-state index is 0.401. The summed E-state index contributed by atoms with van der Waals surface area (Å²) < 4.78 is 1.42. The zero-order valence-corrected chi connectivity index (χ0v) is 8.49. The number of fused-ring (bicyclic) bond motifs is 1. The van der Waals surface area contributed by atoms with Gasteiger partial charge in [0.05, 0.1) is 20.2 Å². The van der Waals surface area contributed by atoms with Gasteiger partial charge >= 0.3 is 0 Å². The molecule has 0 bridgehead atoms. The maximum absolute atomic E-state index is 8.92. The second-order valence-electron chi connectivity index (χ2n) is 2.68. The Hall–Kier alpha value is -1.55. The molecule has 0 fully saturated rings. The summed E-state index contributed by atoms with van der Waals surface area (Å²) in [5.41, 5.74) is 0.820. The van der Waals surface area contributed by atoms with Gasteiger partial charge in [-0.1, -0.05) is 17.7 Å². The topological polar surface area (TPSA) is 47.6 Å². The van der Waals surface area contributed by atoms with Gasteiger partial charge in [-0.05, 0) is 17.5 Å². The summed E-state index contributed by atoms with van der Waals surface area (Å²) in [7, 11) is 0. The van der Waals surface area contributed by atoms with E-state index < -0.39 is 0 Å². The van der Waals surface area contributed by atoms with Crippen molar-refractivity contribution in [1.82, 2.24) is 0 Å². The maximum atomic E-state index is 8.92. The molecular formula is C10H3ClN2S. The highest BCUT2D eigenvalue weighted by molar-refractivity contribution is 7.22. The van der Waals surface area contributed by atoms with E-state index in [1.807, 2.05) is 12.1 Å².